The van der Waals surface area contributed by atoms with Crippen molar-refractivity contribution in [1.82, 2.24) is 14.7 Å². The van der Waals surface area contributed by atoms with E-state index in [9.17, 15) is 9.59 Å². The van der Waals surface area contributed by atoms with Gasteiger partial charge in [-0.05, 0) is 63.2 Å². The second-order valence-electron chi connectivity index (χ2n) is 7.03. The molecule has 1 N–H and O–H groups in total. The summed E-state index contributed by atoms with van der Waals surface area (Å²) in [7, 11) is 0. The maximum absolute atomic E-state index is 12.7. The Morgan fingerprint density at radius 2 is 1.84 bits per heavy atom. The first-order chi connectivity index (χ1) is 14.9. The average molecular weight is 416 g/mol. The maximum atomic E-state index is 12.7. The predicted octanol–water partition coefficient (Wildman–Crippen LogP) is 4.26. The van der Waals surface area contributed by atoms with E-state index in [1.165, 1.54) is 0 Å². The van der Waals surface area contributed by atoms with Gasteiger partial charge in [-0.3, -0.25) is 14.3 Å². The summed E-state index contributed by atoms with van der Waals surface area (Å²) in [5.41, 5.74) is 2.99. The first kappa shape index (κ1) is 20.1. The van der Waals surface area contributed by atoms with Crippen LogP contribution in [0.2, 0.25) is 0 Å². The number of carbonyl (C=O) groups is 2. The van der Waals surface area contributed by atoms with Gasteiger partial charge in [0.05, 0.1) is 17.4 Å². The van der Waals surface area contributed by atoms with Gasteiger partial charge in [0.15, 0.2) is 5.82 Å². The van der Waals surface area contributed by atoms with E-state index in [4.69, 9.17) is 9.26 Å². The number of rotatable bonds is 5. The van der Waals surface area contributed by atoms with E-state index < -0.39 is 5.97 Å². The minimum atomic E-state index is -0.493. The summed E-state index contributed by atoms with van der Waals surface area (Å²) in [6.45, 7) is 5.50. The third-order valence-electron chi connectivity index (χ3n) is 4.74. The van der Waals surface area contributed by atoms with E-state index in [0.717, 1.165) is 5.69 Å². The SMILES string of the molecule is Cc1cc(-n2c(C)cc(C(=O)Oc3ccc(C(=O)Nc4cccnc4)cc3)c2C)no1. The van der Waals surface area contributed by atoms with Crippen molar-refractivity contribution >= 4 is 17.6 Å². The van der Waals surface area contributed by atoms with Gasteiger partial charge in [0, 0.05) is 29.2 Å². The third kappa shape index (κ3) is 4.23. The van der Waals surface area contributed by atoms with Crippen molar-refractivity contribution in [2.75, 3.05) is 5.32 Å². The van der Waals surface area contributed by atoms with E-state index >= 15 is 0 Å². The number of esters is 1. The van der Waals surface area contributed by atoms with Crippen LogP contribution >= 0.6 is 0 Å². The fraction of sp³-hybridized carbons (Fsp3) is 0.130. The number of anilines is 1. The van der Waals surface area contributed by atoms with Crippen LogP contribution in [0.15, 0.2) is 65.4 Å². The number of amides is 1. The lowest BCUT2D eigenvalue weighted by atomic mass is 10.2. The number of ether oxygens (including phenoxy) is 1. The molecule has 1 aromatic carbocycles. The van der Waals surface area contributed by atoms with Crippen LogP contribution in [0.1, 0.15) is 37.9 Å². The number of nitrogens with zero attached hydrogens (tertiary/aromatic N) is 3. The second kappa shape index (κ2) is 8.27. The lowest BCUT2D eigenvalue weighted by molar-refractivity contribution is 0.0734. The first-order valence-electron chi connectivity index (χ1n) is 9.58. The Labute approximate surface area is 178 Å². The van der Waals surface area contributed by atoms with E-state index in [-0.39, 0.29) is 5.91 Å². The molecule has 0 aliphatic rings. The van der Waals surface area contributed by atoms with Gasteiger partial charge in [-0.25, -0.2) is 4.79 Å². The lowest BCUT2D eigenvalue weighted by Gasteiger charge is -2.07. The summed E-state index contributed by atoms with van der Waals surface area (Å²) >= 11 is 0. The van der Waals surface area contributed by atoms with Gasteiger partial charge < -0.3 is 14.6 Å². The van der Waals surface area contributed by atoms with Crippen LogP contribution < -0.4 is 10.1 Å². The van der Waals surface area contributed by atoms with Crippen molar-refractivity contribution in [3.63, 3.8) is 0 Å². The van der Waals surface area contributed by atoms with Crippen molar-refractivity contribution in [1.29, 1.82) is 0 Å². The molecule has 0 radical (unpaired) electrons. The molecular formula is C23H20N4O4. The largest absolute Gasteiger partial charge is 0.423 e. The number of hydrogen-bond acceptors (Lipinski definition) is 6. The van der Waals surface area contributed by atoms with Gasteiger partial charge in [0.2, 0.25) is 0 Å². The van der Waals surface area contributed by atoms with E-state index in [1.54, 1.807) is 67.8 Å². The smallest absolute Gasteiger partial charge is 0.345 e. The van der Waals surface area contributed by atoms with E-state index in [2.05, 4.69) is 15.5 Å². The van der Waals surface area contributed by atoms with Crippen molar-refractivity contribution < 1.29 is 18.8 Å². The highest BCUT2D eigenvalue weighted by Crippen LogP contribution is 2.23. The zero-order valence-corrected chi connectivity index (χ0v) is 17.2. The molecule has 0 fully saturated rings. The quantitative estimate of drug-likeness (QED) is 0.386. The number of hydrogen-bond donors (Lipinski definition) is 1. The number of aryl methyl sites for hydroxylation is 2. The summed E-state index contributed by atoms with van der Waals surface area (Å²) in [5, 5.41) is 6.77. The third-order valence-corrected chi connectivity index (χ3v) is 4.74. The number of benzene rings is 1. The molecule has 0 aliphatic carbocycles. The van der Waals surface area contributed by atoms with Crippen LogP contribution in [-0.2, 0) is 0 Å². The molecule has 1 amide bonds. The molecule has 3 heterocycles. The number of pyridine rings is 1. The van der Waals surface area contributed by atoms with Crippen LogP contribution in [0, 0.1) is 20.8 Å². The normalized spacial score (nSPS) is 10.7. The number of carbonyl (C=O) groups excluding carboxylic acids is 2. The molecule has 4 aromatic rings. The Morgan fingerprint density at radius 1 is 1.06 bits per heavy atom. The molecule has 0 saturated carbocycles. The van der Waals surface area contributed by atoms with Crippen molar-refractivity contribution in [3.8, 4) is 11.6 Å². The fourth-order valence-corrected chi connectivity index (χ4v) is 3.26. The minimum Gasteiger partial charge on any atom is -0.423 e. The van der Waals surface area contributed by atoms with Crippen LogP contribution in [0.4, 0.5) is 5.69 Å². The molecule has 0 aliphatic heterocycles. The number of nitrogens with one attached hydrogen (secondary N) is 1. The number of aromatic nitrogens is 3. The molecule has 0 spiro atoms. The molecule has 31 heavy (non-hydrogen) atoms. The predicted molar refractivity (Wildman–Crippen MR) is 114 cm³/mol. The Morgan fingerprint density at radius 3 is 2.48 bits per heavy atom. The molecule has 3 aromatic heterocycles. The minimum absolute atomic E-state index is 0.280. The van der Waals surface area contributed by atoms with Crippen LogP contribution in [0.5, 0.6) is 5.75 Å². The summed E-state index contributed by atoms with van der Waals surface area (Å²) in [6, 6.07) is 13.4. The summed E-state index contributed by atoms with van der Waals surface area (Å²) in [5.74, 6) is 0.851. The van der Waals surface area contributed by atoms with Crippen molar-refractivity contribution in [2.24, 2.45) is 0 Å². The van der Waals surface area contributed by atoms with Crippen LogP contribution in [-0.4, -0.2) is 26.6 Å². The van der Waals surface area contributed by atoms with Crippen LogP contribution in [0.25, 0.3) is 5.82 Å². The maximum Gasteiger partial charge on any atom is 0.345 e. The first-order valence-corrected chi connectivity index (χ1v) is 9.58. The highest BCUT2D eigenvalue weighted by Gasteiger charge is 2.20. The Kier molecular flexibility index (Phi) is 5.36. The molecule has 8 heteroatoms. The second-order valence-corrected chi connectivity index (χ2v) is 7.03. The van der Waals surface area contributed by atoms with Gasteiger partial charge in [-0.1, -0.05) is 5.16 Å². The highest BCUT2D eigenvalue weighted by atomic mass is 16.5. The zero-order valence-electron chi connectivity index (χ0n) is 17.2. The average Bonchev–Trinajstić information content (AvgIpc) is 3.31. The topological polar surface area (TPSA) is 99.2 Å². The van der Waals surface area contributed by atoms with Crippen LogP contribution in [0.3, 0.4) is 0 Å². The molecule has 0 atom stereocenters. The summed E-state index contributed by atoms with van der Waals surface area (Å²) in [6.07, 6.45) is 3.19. The molecule has 8 nitrogen and oxygen atoms in total. The van der Waals surface area contributed by atoms with Gasteiger partial charge in [-0.2, -0.15) is 0 Å². The monoisotopic (exact) mass is 416 g/mol. The summed E-state index contributed by atoms with van der Waals surface area (Å²) in [4.78, 5) is 29.0. The molecule has 0 unspecified atom stereocenters. The Hall–Kier alpha value is -4.20. The molecule has 0 bridgehead atoms. The molecule has 156 valence electrons. The Bertz CT molecular complexity index is 1240. The zero-order chi connectivity index (χ0) is 22.0. The van der Waals surface area contributed by atoms with Crippen molar-refractivity contribution in [3.05, 3.63) is 89.2 Å². The molecule has 0 saturated heterocycles. The lowest BCUT2D eigenvalue weighted by Crippen LogP contribution is -2.13. The summed E-state index contributed by atoms with van der Waals surface area (Å²) < 4.78 is 12.5. The molecular weight excluding hydrogens is 396 g/mol. The Balaban J connectivity index is 1.47. The van der Waals surface area contributed by atoms with Gasteiger partial charge in [-0.15, -0.1) is 0 Å². The van der Waals surface area contributed by atoms with Gasteiger partial charge in [0.1, 0.15) is 11.5 Å². The van der Waals surface area contributed by atoms with E-state index in [1.807, 2.05) is 18.4 Å². The fourth-order valence-electron chi connectivity index (χ4n) is 3.26. The van der Waals surface area contributed by atoms with E-state index in [0.29, 0.717) is 39.8 Å². The molecule has 4 rings (SSSR count). The van der Waals surface area contributed by atoms with Crippen molar-refractivity contribution in [2.45, 2.75) is 20.8 Å². The standard InChI is InChI=1S/C23H20N4O4/c1-14-11-20(16(3)27(14)21-12-15(2)31-26-21)23(29)30-19-8-6-17(7-9-19)22(28)25-18-5-4-10-24-13-18/h4-13H,1-3H3,(H,25,28). The van der Waals surface area contributed by atoms with Gasteiger partial charge in [0.25, 0.3) is 5.91 Å². The van der Waals surface area contributed by atoms with Gasteiger partial charge >= 0.3 is 5.97 Å². The highest BCUT2D eigenvalue weighted by molar-refractivity contribution is 6.04.